The number of amides is 1. The summed E-state index contributed by atoms with van der Waals surface area (Å²) in [6.45, 7) is 3.41. The molecule has 160 valence electrons. The van der Waals surface area contributed by atoms with Gasteiger partial charge in [-0.3, -0.25) is 4.79 Å². The number of likely N-dealkylation sites (tertiary alicyclic amines) is 1. The topological polar surface area (TPSA) is 156 Å². The number of carbonyl (C=O) groups is 3. The van der Waals surface area contributed by atoms with Crippen LogP contribution in [0.4, 0.5) is 5.69 Å². The smallest absolute Gasteiger partial charge is 0.340 e. The number of carbonyl (C=O) groups excluding carboxylic acids is 2. The van der Waals surface area contributed by atoms with E-state index in [4.69, 9.17) is 21.5 Å². The maximum Gasteiger partial charge on any atom is 0.340 e. The van der Waals surface area contributed by atoms with Crippen molar-refractivity contribution in [2.45, 2.75) is 43.7 Å². The molecule has 0 aromatic heterocycles. The van der Waals surface area contributed by atoms with Crippen LogP contribution in [0, 0.1) is 0 Å². The molecule has 10 nitrogen and oxygen atoms in total. The first-order chi connectivity index (χ1) is 13.5. The Labute approximate surface area is 173 Å². The highest BCUT2D eigenvalue weighted by molar-refractivity contribution is 7.89. The number of sulfonamides is 1. The zero-order valence-corrected chi connectivity index (χ0v) is 17.4. The molecule has 1 aliphatic heterocycles. The minimum atomic E-state index is -4.20. The van der Waals surface area contributed by atoms with Crippen molar-refractivity contribution in [3.8, 4) is 0 Å². The van der Waals surface area contributed by atoms with E-state index in [2.05, 4.69) is 5.32 Å². The summed E-state index contributed by atoms with van der Waals surface area (Å²) in [6, 6.07) is 0.310. The number of anilines is 1. The van der Waals surface area contributed by atoms with Crippen molar-refractivity contribution in [3.05, 3.63) is 22.7 Å². The predicted molar refractivity (Wildman–Crippen MR) is 104 cm³/mol. The second kappa shape index (κ2) is 8.97. The van der Waals surface area contributed by atoms with Gasteiger partial charge in [-0.25, -0.2) is 23.1 Å². The van der Waals surface area contributed by atoms with Crippen LogP contribution in [-0.4, -0.2) is 61.5 Å². The Morgan fingerprint density at radius 1 is 1.41 bits per heavy atom. The van der Waals surface area contributed by atoms with Crippen LogP contribution in [0.5, 0.6) is 0 Å². The lowest BCUT2D eigenvalue weighted by atomic mass is 10.1. The summed E-state index contributed by atoms with van der Waals surface area (Å²) in [7, 11) is -4.20. The molecule has 1 aromatic rings. The lowest BCUT2D eigenvalue weighted by Gasteiger charge is -2.26. The van der Waals surface area contributed by atoms with Crippen molar-refractivity contribution < 1.29 is 32.6 Å². The molecule has 0 spiro atoms. The highest BCUT2D eigenvalue weighted by Gasteiger charge is 2.36. The number of hydrogen-bond donors (Lipinski definition) is 3. The fourth-order valence-electron chi connectivity index (χ4n) is 3.10. The number of primary sulfonamides is 1. The van der Waals surface area contributed by atoms with E-state index in [1.807, 2.05) is 0 Å². The van der Waals surface area contributed by atoms with Gasteiger partial charge < -0.3 is 20.1 Å². The molecule has 0 bridgehead atoms. The van der Waals surface area contributed by atoms with Crippen LogP contribution in [0.2, 0.25) is 5.02 Å². The molecule has 2 atom stereocenters. The van der Waals surface area contributed by atoms with Gasteiger partial charge in [0, 0.05) is 6.54 Å². The van der Waals surface area contributed by atoms with Crippen molar-refractivity contribution in [3.63, 3.8) is 0 Å². The Morgan fingerprint density at radius 3 is 2.62 bits per heavy atom. The van der Waals surface area contributed by atoms with Crippen molar-refractivity contribution in [1.82, 2.24) is 4.90 Å². The summed E-state index contributed by atoms with van der Waals surface area (Å²) in [5, 5.41) is 16.9. The number of carboxylic acids is 1. The second-order valence-electron chi connectivity index (χ2n) is 6.49. The van der Waals surface area contributed by atoms with Crippen LogP contribution in [0.1, 0.15) is 37.0 Å². The van der Waals surface area contributed by atoms with Gasteiger partial charge in [0.1, 0.15) is 17.0 Å². The standard InChI is InChI=1S/C17H22ClN3O7S/c1-3-28-17(25)10-7-14(29(19,26)27)11(18)8-12(10)20-9(2)15(22)21-6-4-5-13(21)16(23)24/h7-9,13,20H,3-6H2,1-2H3,(H,23,24)(H2,19,26,27)/t9-,13-/m0/s1. The molecule has 0 unspecified atom stereocenters. The minimum Gasteiger partial charge on any atom is -0.480 e. The third-order valence-electron chi connectivity index (χ3n) is 4.44. The van der Waals surface area contributed by atoms with E-state index in [1.54, 1.807) is 6.92 Å². The normalized spacial score (nSPS) is 17.7. The molecule has 2 rings (SSSR count). The van der Waals surface area contributed by atoms with Crippen LogP contribution in [-0.2, 0) is 24.3 Å². The number of nitrogens with two attached hydrogens (primary N) is 1. The number of esters is 1. The number of nitrogens with zero attached hydrogens (tertiary/aromatic N) is 1. The predicted octanol–water partition coefficient (Wildman–Crippen LogP) is 1.04. The van der Waals surface area contributed by atoms with Crippen molar-refractivity contribution >= 4 is 45.2 Å². The molecule has 1 amide bonds. The van der Waals surface area contributed by atoms with Crippen molar-refractivity contribution in [2.75, 3.05) is 18.5 Å². The molecule has 0 radical (unpaired) electrons. The SMILES string of the molecule is CCOC(=O)c1cc(S(N)(=O)=O)c(Cl)cc1N[C@@H](C)C(=O)N1CCC[C@H]1C(=O)O. The van der Waals surface area contributed by atoms with Gasteiger partial charge in [-0.05, 0) is 38.8 Å². The van der Waals surface area contributed by atoms with Crippen molar-refractivity contribution in [1.29, 1.82) is 0 Å². The number of aliphatic carboxylic acids is 1. The molecule has 0 saturated carbocycles. The van der Waals surface area contributed by atoms with Crippen LogP contribution in [0.3, 0.4) is 0 Å². The Kier molecular flexibility index (Phi) is 7.09. The zero-order valence-electron chi connectivity index (χ0n) is 15.8. The van der Waals surface area contributed by atoms with E-state index in [0.717, 1.165) is 12.1 Å². The summed E-state index contributed by atoms with van der Waals surface area (Å²) < 4.78 is 28.3. The molecule has 1 aromatic carbocycles. The lowest BCUT2D eigenvalue weighted by Crippen LogP contribution is -2.46. The summed E-state index contributed by atoms with van der Waals surface area (Å²) in [5.74, 6) is -2.40. The monoisotopic (exact) mass is 447 g/mol. The maximum atomic E-state index is 12.7. The fourth-order valence-corrected chi connectivity index (χ4v) is 4.20. The van der Waals surface area contributed by atoms with Gasteiger partial charge in [0.25, 0.3) is 0 Å². The van der Waals surface area contributed by atoms with E-state index in [9.17, 15) is 27.9 Å². The van der Waals surface area contributed by atoms with E-state index in [0.29, 0.717) is 19.4 Å². The van der Waals surface area contributed by atoms with Gasteiger partial charge in [-0.1, -0.05) is 11.6 Å². The highest BCUT2D eigenvalue weighted by atomic mass is 35.5. The molecule has 0 aliphatic carbocycles. The van der Waals surface area contributed by atoms with Crippen LogP contribution < -0.4 is 10.5 Å². The molecule has 4 N–H and O–H groups in total. The lowest BCUT2D eigenvalue weighted by molar-refractivity contribution is -0.148. The number of benzene rings is 1. The Hall–Kier alpha value is -2.37. The molecular formula is C17H22ClN3O7S. The van der Waals surface area contributed by atoms with Gasteiger partial charge in [0.15, 0.2) is 0 Å². The highest BCUT2D eigenvalue weighted by Crippen LogP contribution is 2.30. The third-order valence-corrected chi connectivity index (χ3v) is 5.81. The van der Waals surface area contributed by atoms with Crippen LogP contribution in [0.15, 0.2) is 17.0 Å². The first kappa shape index (κ1) is 22.9. The number of ether oxygens (including phenoxy) is 1. The number of rotatable bonds is 7. The first-order valence-corrected chi connectivity index (χ1v) is 10.7. The van der Waals surface area contributed by atoms with Gasteiger partial charge in [0.2, 0.25) is 15.9 Å². The molecule has 1 fully saturated rings. The van der Waals surface area contributed by atoms with E-state index < -0.39 is 44.8 Å². The third kappa shape index (κ3) is 5.17. The summed E-state index contributed by atoms with van der Waals surface area (Å²) in [4.78, 5) is 37.1. The average Bonchev–Trinajstić information content (AvgIpc) is 3.10. The van der Waals surface area contributed by atoms with Crippen LogP contribution >= 0.6 is 11.6 Å². The number of hydrogen-bond acceptors (Lipinski definition) is 7. The van der Waals surface area contributed by atoms with Crippen LogP contribution in [0.25, 0.3) is 0 Å². The number of nitrogens with one attached hydrogen (secondary N) is 1. The van der Waals surface area contributed by atoms with E-state index in [1.165, 1.54) is 11.8 Å². The number of carboxylic acid groups (broad SMARTS) is 1. The fraction of sp³-hybridized carbons (Fsp3) is 0.471. The zero-order chi connectivity index (χ0) is 21.9. The van der Waals surface area contributed by atoms with Gasteiger partial charge in [0.05, 0.1) is 22.9 Å². The minimum absolute atomic E-state index is 0.0359. The van der Waals surface area contributed by atoms with Gasteiger partial charge >= 0.3 is 11.9 Å². The summed E-state index contributed by atoms with van der Waals surface area (Å²) in [6.07, 6.45) is 0.926. The maximum absolute atomic E-state index is 12.7. The Bertz CT molecular complexity index is 935. The van der Waals surface area contributed by atoms with Gasteiger partial charge in [-0.2, -0.15) is 0 Å². The van der Waals surface area contributed by atoms with E-state index in [-0.39, 0.29) is 22.9 Å². The molecule has 1 heterocycles. The van der Waals surface area contributed by atoms with Gasteiger partial charge in [-0.15, -0.1) is 0 Å². The first-order valence-electron chi connectivity index (χ1n) is 8.80. The molecular weight excluding hydrogens is 426 g/mol. The Morgan fingerprint density at radius 2 is 2.07 bits per heavy atom. The molecule has 29 heavy (non-hydrogen) atoms. The molecule has 1 saturated heterocycles. The van der Waals surface area contributed by atoms with Crippen molar-refractivity contribution in [2.24, 2.45) is 5.14 Å². The summed E-state index contributed by atoms with van der Waals surface area (Å²) >= 11 is 6.00. The molecule has 12 heteroatoms. The average molecular weight is 448 g/mol. The quantitative estimate of drug-likeness (QED) is 0.523. The largest absolute Gasteiger partial charge is 0.480 e. The summed E-state index contributed by atoms with van der Waals surface area (Å²) in [5.41, 5.74) is -0.107. The second-order valence-corrected chi connectivity index (χ2v) is 8.42. The number of halogens is 1. The van der Waals surface area contributed by atoms with E-state index >= 15 is 0 Å². The molecule has 1 aliphatic rings. The Balaban J connectivity index is 2.37.